The number of methoxy groups -OCH3 is 1. The molecule has 166 valence electrons. The molecule has 9 nitrogen and oxygen atoms in total. The van der Waals surface area contributed by atoms with Crippen molar-refractivity contribution in [3.63, 3.8) is 0 Å². The minimum Gasteiger partial charge on any atom is -0.496 e. The second kappa shape index (κ2) is 9.43. The lowest BCUT2D eigenvalue weighted by Gasteiger charge is -2.19. The molecule has 0 spiro atoms. The Morgan fingerprint density at radius 3 is 2.29 bits per heavy atom. The fourth-order valence-corrected chi connectivity index (χ4v) is 2.71. The van der Waals surface area contributed by atoms with Gasteiger partial charge >= 0.3 is 12.1 Å². The first-order chi connectivity index (χ1) is 14.4. The van der Waals surface area contributed by atoms with Gasteiger partial charge in [-0.2, -0.15) is 13.2 Å². The van der Waals surface area contributed by atoms with Crippen LogP contribution in [0.15, 0.2) is 42.5 Å². The van der Waals surface area contributed by atoms with E-state index in [9.17, 15) is 43.1 Å². The summed E-state index contributed by atoms with van der Waals surface area (Å²) >= 11 is 0. The van der Waals surface area contributed by atoms with Crippen LogP contribution in [0.1, 0.15) is 22.8 Å². The van der Waals surface area contributed by atoms with Crippen LogP contribution in [0.3, 0.4) is 0 Å². The van der Waals surface area contributed by atoms with Crippen molar-refractivity contribution in [2.75, 3.05) is 7.11 Å². The molecule has 1 amide bonds. The molecule has 2 aromatic carbocycles. The number of hydrogen-bond donors (Lipinski definition) is 3. The number of non-ortho nitro benzene ring substituents is 1. The molecule has 0 fully saturated rings. The third-order valence-corrected chi connectivity index (χ3v) is 4.32. The highest BCUT2D eigenvalue weighted by atomic mass is 19.4. The number of hydrogen-bond acceptors (Lipinski definition) is 6. The lowest BCUT2D eigenvalue weighted by molar-refractivity contribution is -0.384. The van der Waals surface area contributed by atoms with E-state index in [4.69, 9.17) is 4.74 Å². The Kier molecular flexibility index (Phi) is 7.18. The van der Waals surface area contributed by atoms with Crippen molar-refractivity contribution in [3.05, 3.63) is 69.3 Å². The van der Waals surface area contributed by atoms with E-state index in [-0.39, 0.29) is 22.6 Å². The molecule has 0 saturated carbocycles. The van der Waals surface area contributed by atoms with Gasteiger partial charge in [0.1, 0.15) is 11.8 Å². The van der Waals surface area contributed by atoms with Crippen molar-refractivity contribution in [2.24, 2.45) is 0 Å². The number of benzene rings is 2. The SMILES string of the molecule is COc1ccc([N+](=O)[O-])cc1C[C@H](NC(=O)[C@H](O)c1ccc(C(F)(F)F)cc1)C(=O)O. The highest BCUT2D eigenvalue weighted by molar-refractivity contribution is 5.87. The summed E-state index contributed by atoms with van der Waals surface area (Å²) in [6.45, 7) is 0. The third-order valence-electron chi connectivity index (χ3n) is 4.32. The van der Waals surface area contributed by atoms with Crippen LogP contribution < -0.4 is 10.1 Å². The highest BCUT2D eigenvalue weighted by Crippen LogP contribution is 2.30. The van der Waals surface area contributed by atoms with Crippen LogP contribution in [-0.2, 0) is 22.2 Å². The summed E-state index contributed by atoms with van der Waals surface area (Å²) in [6.07, 6.45) is -6.94. The fraction of sp³-hybridized carbons (Fsp3) is 0.263. The van der Waals surface area contributed by atoms with Crippen LogP contribution >= 0.6 is 0 Å². The molecule has 0 bridgehead atoms. The maximum Gasteiger partial charge on any atom is 0.416 e. The topological polar surface area (TPSA) is 139 Å². The minimum absolute atomic E-state index is 0.119. The number of ether oxygens (including phenoxy) is 1. The summed E-state index contributed by atoms with van der Waals surface area (Å²) < 4.78 is 42.9. The average Bonchev–Trinajstić information content (AvgIpc) is 2.71. The number of carbonyl (C=O) groups is 2. The van der Waals surface area contributed by atoms with E-state index in [1.54, 1.807) is 0 Å². The van der Waals surface area contributed by atoms with Crippen LogP contribution in [0.25, 0.3) is 0 Å². The molecule has 0 unspecified atom stereocenters. The van der Waals surface area contributed by atoms with Crippen LogP contribution in [-0.4, -0.2) is 40.2 Å². The van der Waals surface area contributed by atoms with Gasteiger partial charge in [-0.1, -0.05) is 12.1 Å². The summed E-state index contributed by atoms with van der Waals surface area (Å²) in [5.41, 5.74) is -1.36. The lowest BCUT2D eigenvalue weighted by Crippen LogP contribution is -2.44. The van der Waals surface area contributed by atoms with Gasteiger partial charge in [-0.3, -0.25) is 14.9 Å². The van der Waals surface area contributed by atoms with Crippen LogP contribution in [0.5, 0.6) is 5.75 Å². The van der Waals surface area contributed by atoms with E-state index >= 15 is 0 Å². The number of amides is 1. The maximum absolute atomic E-state index is 12.6. The molecular weight excluding hydrogens is 425 g/mol. The Morgan fingerprint density at radius 2 is 1.81 bits per heavy atom. The van der Waals surface area contributed by atoms with Gasteiger partial charge in [0.25, 0.3) is 11.6 Å². The molecule has 0 saturated heterocycles. The number of halogens is 3. The van der Waals surface area contributed by atoms with E-state index in [1.165, 1.54) is 13.2 Å². The van der Waals surface area contributed by atoms with Gasteiger partial charge in [-0.25, -0.2) is 4.79 Å². The maximum atomic E-state index is 12.6. The molecule has 2 aromatic rings. The molecule has 0 radical (unpaired) electrons. The van der Waals surface area contributed by atoms with Gasteiger partial charge in [-0.15, -0.1) is 0 Å². The van der Waals surface area contributed by atoms with E-state index in [1.807, 2.05) is 0 Å². The Hall–Kier alpha value is -3.67. The molecule has 0 aliphatic rings. The number of nitro groups is 1. The number of alkyl halides is 3. The van der Waals surface area contributed by atoms with Gasteiger partial charge in [0.15, 0.2) is 6.10 Å². The lowest BCUT2D eigenvalue weighted by atomic mass is 10.0. The number of carbonyl (C=O) groups excluding carboxylic acids is 1. The number of aliphatic carboxylic acids is 1. The summed E-state index contributed by atoms with van der Waals surface area (Å²) in [5, 5.41) is 32.5. The number of nitrogens with zero attached hydrogens (tertiary/aromatic N) is 1. The number of aliphatic hydroxyl groups excluding tert-OH is 1. The Bertz CT molecular complexity index is 977. The summed E-state index contributed by atoms with van der Waals surface area (Å²) in [6, 6.07) is 5.05. The molecule has 12 heteroatoms. The zero-order valence-electron chi connectivity index (χ0n) is 15.9. The summed E-state index contributed by atoms with van der Waals surface area (Å²) in [5.74, 6) is -2.52. The fourth-order valence-electron chi connectivity index (χ4n) is 2.71. The van der Waals surface area contributed by atoms with Gasteiger partial charge < -0.3 is 20.3 Å². The molecule has 3 N–H and O–H groups in total. The number of carboxylic acid groups (broad SMARTS) is 1. The van der Waals surface area contributed by atoms with Crippen LogP contribution in [0, 0.1) is 10.1 Å². The average molecular weight is 442 g/mol. The van der Waals surface area contributed by atoms with E-state index < -0.39 is 47.1 Å². The molecule has 31 heavy (non-hydrogen) atoms. The first kappa shape index (κ1) is 23.6. The number of rotatable bonds is 8. The minimum atomic E-state index is -4.60. The number of aliphatic hydroxyl groups is 1. The largest absolute Gasteiger partial charge is 0.496 e. The molecule has 0 aromatic heterocycles. The van der Waals surface area contributed by atoms with Gasteiger partial charge in [-0.05, 0) is 23.8 Å². The summed E-state index contributed by atoms with van der Waals surface area (Å²) in [4.78, 5) is 34.1. The van der Waals surface area contributed by atoms with Gasteiger partial charge in [0.05, 0.1) is 17.6 Å². The molecule has 2 atom stereocenters. The van der Waals surface area contributed by atoms with E-state index in [0.717, 1.165) is 24.3 Å². The third kappa shape index (κ3) is 5.92. The van der Waals surface area contributed by atoms with Gasteiger partial charge in [0, 0.05) is 24.1 Å². The Balaban J connectivity index is 2.20. The number of nitrogens with one attached hydrogen (secondary N) is 1. The zero-order chi connectivity index (χ0) is 23.3. The second-order valence-electron chi connectivity index (χ2n) is 6.38. The molecule has 0 aliphatic carbocycles. The van der Waals surface area contributed by atoms with E-state index in [0.29, 0.717) is 12.1 Å². The predicted molar refractivity (Wildman–Crippen MR) is 99.3 cm³/mol. The molecular formula is C19H17F3N2O7. The van der Waals surface area contributed by atoms with Crippen molar-refractivity contribution in [1.82, 2.24) is 5.32 Å². The number of carboxylic acids is 1. The first-order valence-electron chi connectivity index (χ1n) is 8.63. The smallest absolute Gasteiger partial charge is 0.416 e. The summed E-state index contributed by atoms with van der Waals surface area (Å²) in [7, 11) is 1.27. The molecule has 0 aliphatic heterocycles. The van der Waals surface area contributed by atoms with Crippen molar-refractivity contribution in [2.45, 2.75) is 24.7 Å². The first-order valence-corrected chi connectivity index (χ1v) is 8.63. The molecule has 2 rings (SSSR count). The number of nitro benzene ring substituents is 1. The van der Waals surface area contributed by atoms with Crippen molar-refractivity contribution >= 4 is 17.6 Å². The monoisotopic (exact) mass is 442 g/mol. The Labute approximate surface area is 173 Å². The highest BCUT2D eigenvalue weighted by Gasteiger charge is 2.31. The van der Waals surface area contributed by atoms with Crippen LogP contribution in [0.4, 0.5) is 18.9 Å². The second-order valence-corrected chi connectivity index (χ2v) is 6.38. The predicted octanol–water partition coefficient (Wildman–Crippen LogP) is 2.47. The normalized spacial score (nSPS) is 13.2. The van der Waals surface area contributed by atoms with E-state index in [2.05, 4.69) is 5.32 Å². The van der Waals surface area contributed by atoms with Crippen molar-refractivity contribution in [1.29, 1.82) is 0 Å². The van der Waals surface area contributed by atoms with Crippen molar-refractivity contribution < 1.29 is 42.6 Å². The van der Waals surface area contributed by atoms with Crippen LogP contribution in [0.2, 0.25) is 0 Å². The quantitative estimate of drug-likeness (QED) is 0.422. The standard InChI is InChI=1S/C19H17F3N2O7/c1-31-15-7-6-13(24(29)30)8-11(15)9-14(18(27)28)23-17(26)16(25)10-2-4-12(5-3-10)19(20,21)22/h2-8,14,16,25H,9H2,1H3,(H,23,26)(H,27,28)/t14-,16+/m0/s1. The van der Waals surface area contributed by atoms with Gasteiger partial charge in [0.2, 0.25) is 0 Å². The zero-order valence-corrected chi connectivity index (χ0v) is 15.9. The Morgan fingerprint density at radius 1 is 1.19 bits per heavy atom. The van der Waals surface area contributed by atoms with Crippen molar-refractivity contribution in [3.8, 4) is 5.75 Å². The molecule has 0 heterocycles.